The number of allylic oxidation sites excluding steroid dienone is 2. The lowest BCUT2D eigenvalue weighted by Crippen LogP contribution is -2.71. The molecule has 11 heteroatoms. The molecule has 4 aliphatic rings. The van der Waals surface area contributed by atoms with Crippen molar-refractivity contribution >= 4 is 17.5 Å². The number of fused-ring (bicyclic) bond motifs is 6. The number of nitrogens with two attached hydrogens (primary N) is 1. The average Bonchev–Trinajstić information content (AvgIpc) is 2.90. The number of piperazine rings is 1. The van der Waals surface area contributed by atoms with Gasteiger partial charge in [0, 0.05) is 40.9 Å². The fourth-order valence-electron chi connectivity index (χ4n) is 6.75. The number of Topliss-reactive ketones (excluding diaryl/α,β-unsaturated/α-hetero) is 2. The molecule has 5 rings (SSSR count). The molecule has 6 atom stereocenters. The van der Waals surface area contributed by atoms with Crippen LogP contribution in [0.5, 0.6) is 11.5 Å². The van der Waals surface area contributed by atoms with Crippen LogP contribution >= 0.6 is 0 Å². The summed E-state index contributed by atoms with van der Waals surface area (Å²) < 4.78 is 10.8. The first kappa shape index (κ1) is 26.9. The van der Waals surface area contributed by atoms with Crippen LogP contribution in [0.2, 0.25) is 0 Å². The van der Waals surface area contributed by atoms with Crippen molar-refractivity contribution in [3.63, 3.8) is 0 Å². The standard InChI is InChI=1S/C28H33N5O6/c1-11-6-14-7-16-18(9-29)33-17(22(32-16)20(14)24(35)26(11)38-4)8-15-21(19(33)10-31-28(37)13(3)30)25(36)27(39-5)12(2)23(15)34/h6,13,16-19,22,32,35H,7-8,10,30H2,1-5H3,(H,31,37)/t13-,16+,17?,18-,19-,22-/m0/s1. The van der Waals surface area contributed by atoms with E-state index in [4.69, 9.17) is 15.2 Å². The van der Waals surface area contributed by atoms with Crippen molar-refractivity contribution in [2.45, 2.75) is 69.9 Å². The van der Waals surface area contributed by atoms with E-state index >= 15 is 0 Å². The summed E-state index contributed by atoms with van der Waals surface area (Å²) in [5, 5.41) is 28.1. The average molecular weight is 536 g/mol. The predicted octanol–water partition coefficient (Wildman–Crippen LogP) is 0.446. The zero-order valence-electron chi connectivity index (χ0n) is 22.6. The maximum absolute atomic E-state index is 13.7. The molecular formula is C28H33N5O6. The molecule has 1 unspecified atom stereocenters. The SMILES string of the molecule is COC1=C(C)C(=O)C2=C(C1=O)[C@H](CNC(=O)[C@H](C)N)N1C(C2)[C@@H]2N[C@H](Cc3cc(C)c(OC)c(O)c32)[C@@H]1C#N. The van der Waals surface area contributed by atoms with Crippen LogP contribution in [0.15, 0.2) is 28.5 Å². The van der Waals surface area contributed by atoms with Gasteiger partial charge in [0.1, 0.15) is 6.04 Å². The summed E-state index contributed by atoms with van der Waals surface area (Å²) in [5.41, 5.74) is 8.90. The predicted molar refractivity (Wildman–Crippen MR) is 140 cm³/mol. The van der Waals surface area contributed by atoms with Crippen LogP contribution < -0.4 is 21.1 Å². The van der Waals surface area contributed by atoms with E-state index in [0.29, 0.717) is 23.3 Å². The number of phenolic OH excluding ortho intramolecular Hbond substituents is 1. The lowest BCUT2D eigenvalue weighted by Gasteiger charge is -2.57. The smallest absolute Gasteiger partial charge is 0.236 e. The number of benzene rings is 1. The molecule has 206 valence electrons. The maximum atomic E-state index is 13.7. The number of rotatable bonds is 5. The quantitative estimate of drug-likeness (QED) is 0.389. The van der Waals surface area contributed by atoms with Crippen LogP contribution in [-0.2, 0) is 25.5 Å². The van der Waals surface area contributed by atoms with Crippen molar-refractivity contribution in [2.24, 2.45) is 5.73 Å². The second-order valence-electron chi connectivity index (χ2n) is 10.7. The first-order chi connectivity index (χ1) is 18.5. The number of carbonyl (C=O) groups is 3. The Labute approximate surface area is 226 Å². The summed E-state index contributed by atoms with van der Waals surface area (Å²) in [4.78, 5) is 41.7. The van der Waals surface area contributed by atoms with E-state index in [2.05, 4.69) is 16.7 Å². The van der Waals surface area contributed by atoms with Crippen molar-refractivity contribution in [3.05, 3.63) is 45.2 Å². The number of methoxy groups -OCH3 is 2. The number of carbonyl (C=O) groups excluding carboxylic acids is 3. The van der Waals surface area contributed by atoms with Crippen LogP contribution in [0.1, 0.15) is 43.0 Å². The molecule has 11 nitrogen and oxygen atoms in total. The third-order valence-corrected chi connectivity index (χ3v) is 8.44. The van der Waals surface area contributed by atoms with Crippen molar-refractivity contribution in [1.29, 1.82) is 5.26 Å². The number of ketones is 2. The molecular weight excluding hydrogens is 502 g/mol. The number of hydrogen-bond acceptors (Lipinski definition) is 10. The summed E-state index contributed by atoms with van der Waals surface area (Å²) in [7, 11) is 2.84. The number of aryl methyl sites for hydroxylation is 1. The fourth-order valence-corrected chi connectivity index (χ4v) is 6.75. The molecule has 1 aromatic carbocycles. The molecule has 2 bridgehead atoms. The van der Waals surface area contributed by atoms with Gasteiger partial charge in [-0.1, -0.05) is 6.07 Å². The lowest BCUT2D eigenvalue weighted by atomic mass is 9.70. The highest BCUT2D eigenvalue weighted by Gasteiger charge is 2.55. The Morgan fingerprint density at radius 2 is 2.00 bits per heavy atom. The minimum absolute atomic E-state index is 0.0178. The summed E-state index contributed by atoms with van der Waals surface area (Å²) >= 11 is 0. The largest absolute Gasteiger partial charge is 0.504 e. The van der Waals surface area contributed by atoms with Gasteiger partial charge in [0.25, 0.3) is 0 Å². The van der Waals surface area contributed by atoms with E-state index < -0.39 is 41.9 Å². The van der Waals surface area contributed by atoms with Crippen LogP contribution in [-0.4, -0.2) is 78.5 Å². The molecule has 0 radical (unpaired) electrons. The Kier molecular flexibility index (Phi) is 6.74. The Balaban J connectivity index is 1.69. The summed E-state index contributed by atoms with van der Waals surface area (Å²) in [6.45, 7) is 4.94. The van der Waals surface area contributed by atoms with Crippen molar-refractivity contribution < 1.29 is 29.0 Å². The molecule has 39 heavy (non-hydrogen) atoms. The lowest BCUT2D eigenvalue weighted by molar-refractivity contribution is -0.123. The van der Waals surface area contributed by atoms with E-state index in [-0.39, 0.29) is 47.4 Å². The Morgan fingerprint density at radius 3 is 2.62 bits per heavy atom. The number of amides is 1. The second kappa shape index (κ2) is 9.79. The molecule has 5 N–H and O–H groups in total. The van der Waals surface area contributed by atoms with E-state index in [9.17, 15) is 24.8 Å². The monoisotopic (exact) mass is 535 g/mol. The summed E-state index contributed by atoms with van der Waals surface area (Å²) in [6.07, 6.45) is 0.634. The van der Waals surface area contributed by atoms with Crippen LogP contribution in [0.4, 0.5) is 0 Å². The molecule has 0 saturated carbocycles. The van der Waals surface area contributed by atoms with Crippen LogP contribution in [0.25, 0.3) is 0 Å². The molecule has 3 heterocycles. The third-order valence-electron chi connectivity index (χ3n) is 8.44. The van der Waals surface area contributed by atoms with Gasteiger partial charge < -0.3 is 30.9 Å². The fraction of sp³-hybridized carbons (Fsp3) is 0.500. The minimum atomic E-state index is -0.788. The Morgan fingerprint density at radius 1 is 1.28 bits per heavy atom. The number of phenols is 1. The molecule has 1 aliphatic carbocycles. The summed E-state index contributed by atoms with van der Waals surface area (Å²) in [6, 6.07) is 0.865. The van der Waals surface area contributed by atoms with E-state index in [0.717, 1.165) is 11.1 Å². The number of nitrogens with zero attached hydrogens (tertiary/aromatic N) is 2. The minimum Gasteiger partial charge on any atom is -0.504 e. The van der Waals surface area contributed by atoms with Gasteiger partial charge >= 0.3 is 0 Å². The van der Waals surface area contributed by atoms with Gasteiger partial charge in [0.05, 0.1) is 38.4 Å². The first-order valence-electron chi connectivity index (χ1n) is 13.0. The highest BCUT2D eigenvalue weighted by molar-refractivity contribution is 6.25. The molecule has 3 aliphatic heterocycles. The molecule has 1 aromatic rings. The number of nitriles is 1. The van der Waals surface area contributed by atoms with Crippen LogP contribution in [0.3, 0.4) is 0 Å². The van der Waals surface area contributed by atoms with Crippen molar-refractivity contribution in [2.75, 3.05) is 20.8 Å². The van der Waals surface area contributed by atoms with Crippen molar-refractivity contribution in [1.82, 2.24) is 15.5 Å². The molecule has 1 saturated heterocycles. The molecule has 1 amide bonds. The van der Waals surface area contributed by atoms with Gasteiger partial charge in [-0.15, -0.1) is 0 Å². The molecule has 0 spiro atoms. The van der Waals surface area contributed by atoms with Crippen LogP contribution in [0, 0.1) is 18.3 Å². The van der Waals surface area contributed by atoms with Gasteiger partial charge in [-0.05, 0) is 44.7 Å². The van der Waals surface area contributed by atoms with E-state index in [1.807, 2.05) is 17.9 Å². The number of nitrogens with one attached hydrogen (secondary N) is 2. The van der Waals surface area contributed by atoms with Gasteiger partial charge in [-0.3, -0.25) is 19.3 Å². The highest BCUT2D eigenvalue weighted by Crippen LogP contribution is 2.50. The van der Waals surface area contributed by atoms with E-state index in [1.165, 1.54) is 14.2 Å². The highest BCUT2D eigenvalue weighted by atomic mass is 16.5. The first-order valence-corrected chi connectivity index (χ1v) is 13.0. The Bertz CT molecular complexity index is 1390. The number of ether oxygens (including phenoxy) is 2. The van der Waals surface area contributed by atoms with Gasteiger partial charge in [0.15, 0.2) is 23.0 Å². The maximum Gasteiger partial charge on any atom is 0.236 e. The number of hydrogen-bond donors (Lipinski definition) is 4. The van der Waals surface area contributed by atoms with Gasteiger partial charge in [0.2, 0.25) is 11.7 Å². The summed E-state index contributed by atoms with van der Waals surface area (Å²) in [5.74, 6) is -0.797. The van der Waals surface area contributed by atoms with Gasteiger partial charge in [-0.2, -0.15) is 5.26 Å². The second-order valence-corrected chi connectivity index (χ2v) is 10.7. The zero-order chi connectivity index (χ0) is 28.3. The molecule has 0 aromatic heterocycles. The van der Waals surface area contributed by atoms with E-state index in [1.54, 1.807) is 13.8 Å². The van der Waals surface area contributed by atoms with Crippen molar-refractivity contribution in [3.8, 4) is 17.6 Å². The Hall–Kier alpha value is -3.72. The zero-order valence-corrected chi connectivity index (χ0v) is 22.6. The normalized spacial score (nSPS) is 28.7. The molecule has 1 fully saturated rings. The topological polar surface area (TPSA) is 167 Å². The number of aromatic hydroxyl groups is 1. The third kappa shape index (κ3) is 3.93. The van der Waals surface area contributed by atoms with Gasteiger partial charge in [-0.25, -0.2) is 0 Å².